The van der Waals surface area contributed by atoms with Crippen LogP contribution in [0.25, 0.3) is 0 Å². The standard InChI is InChI=1S/C14H27N3O4/c1-4-5-6-11(13(19)20)17-14(21)15-8-7-12(18)16-9-10(2)3/h10-11H,4-9H2,1-3H3,(H,16,18)(H,19,20)(H2,15,17,21). The molecule has 0 rings (SSSR count). The maximum absolute atomic E-state index is 11.6. The van der Waals surface area contributed by atoms with E-state index in [9.17, 15) is 14.4 Å². The number of amides is 3. The summed E-state index contributed by atoms with van der Waals surface area (Å²) in [4.78, 5) is 33.9. The summed E-state index contributed by atoms with van der Waals surface area (Å²) >= 11 is 0. The number of hydrogen-bond acceptors (Lipinski definition) is 3. The summed E-state index contributed by atoms with van der Waals surface area (Å²) in [5.74, 6) is -0.807. The topological polar surface area (TPSA) is 108 Å². The molecule has 0 aromatic carbocycles. The molecule has 4 N–H and O–H groups in total. The molecule has 0 saturated carbocycles. The van der Waals surface area contributed by atoms with E-state index in [-0.39, 0.29) is 18.9 Å². The van der Waals surface area contributed by atoms with E-state index in [0.29, 0.717) is 18.9 Å². The highest BCUT2D eigenvalue weighted by atomic mass is 16.4. The third kappa shape index (κ3) is 10.6. The molecule has 0 aliphatic carbocycles. The third-order valence-electron chi connectivity index (χ3n) is 2.79. The lowest BCUT2D eigenvalue weighted by Crippen LogP contribution is -2.46. The normalized spacial score (nSPS) is 11.8. The summed E-state index contributed by atoms with van der Waals surface area (Å²) in [5.41, 5.74) is 0. The molecule has 0 spiro atoms. The van der Waals surface area contributed by atoms with Crippen LogP contribution in [-0.4, -0.2) is 42.1 Å². The molecule has 0 aliphatic rings. The molecule has 0 radical (unpaired) electrons. The zero-order chi connectivity index (χ0) is 16.3. The van der Waals surface area contributed by atoms with Crippen molar-refractivity contribution in [3.63, 3.8) is 0 Å². The number of rotatable bonds is 10. The summed E-state index contributed by atoms with van der Waals surface area (Å²) in [5, 5.41) is 16.6. The van der Waals surface area contributed by atoms with Gasteiger partial charge in [0, 0.05) is 19.5 Å². The van der Waals surface area contributed by atoms with Crippen LogP contribution in [0.15, 0.2) is 0 Å². The SMILES string of the molecule is CCCCC(NC(=O)NCCC(=O)NCC(C)C)C(=O)O. The minimum atomic E-state index is -1.05. The van der Waals surface area contributed by atoms with Gasteiger partial charge in [-0.1, -0.05) is 33.6 Å². The maximum atomic E-state index is 11.6. The summed E-state index contributed by atoms with van der Waals surface area (Å²) in [6.07, 6.45) is 2.17. The van der Waals surface area contributed by atoms with Gasteiger partial charge >= 0.3 is 12.0 Å². The number of carboxylic acids is 1. The maximum Gasteiger partial charge on any atom is 0.326 e. The summed E-state index contributed by atoms with van der Waals surface area (Å²) in [6.45, 7) is 6.72. The molecule has 3 amide bonds. The summed E-state index contributed by atoms with van der Waals surface area (Å²) in [7, 11) is 0. The van der Waals surface area contributed by atoms with Crippen LogP contribution in [0.4, 0.5) is 4.79 Å². The first kappa shape index (κ1) is 19.2. The zero-order valence-electron chi connectivity index (χ0n) is 13.1. The van der Waals surface area contributed by atoms with Crippen LogP contribution in [0.5, 0.6) is 0 Å². The number of carbonyl (C=O) groups excluding carboxylic acids is 2. The number of nitrogens with one attached hydrogen (secondary N) is 3. The van der Waals surface area contributed by atoms with Gasteiger partial charge in [-0.15, -0.1) is 0 Å². The first-order chi connectivity index (χ1) is 9.86. The Labute approximate surface area is 125 Å². The lowest BCUT2D eigenvalue weighted by Gasteiger charge is -2.14. The fraction of sp³-hybridized carbons (Fsp3) is 0.786. The molecule has 1 atom stereocenters. The van der Waals surface area contributed by atoms with Gasteiger partial charge in [-0.2, -0.15) is 0 Å². The van der Waals surface area contributed by atoms with Crippen LogP contribution in [0.3, 0.4) is 0 Å². The Balaban J connectivity index is 3.91. The molecule has 0 bridgehead atoms. The van der Waals surface area contributed by atoms with Gasteiger partial charge in [-0.25, -0.2) is 9.59 Å². The fourth-order valence-electron chi connectivity index (χ4n) is 1.57. The molecule has 7 heteroatoms. The van der Waals surface area contributed by atoms with E-state index in [1.54, 1.807) is 0 Å². The lowest BCUT2D eigenvalue weighted by molar-refractivity contribution is -0.139. The highest BCUT2D eigenvalue weighted by Crippen LogP contribution is 2.00. The average Bonchev–Trinajstić information content (AvgIpc) is 2.40. The second-order valence-corrected chi connectivity index (χ2v) is 5.38. The molecule has 122 valence electrons. The molecule has 0 aromatic heterocycles. The van der Waals surface area contributed by atoms with Gasteiger partial charge in [0.05, 0.1) is 0 Å². The number of carboxylic acid groups (broad SMARTS) is 1. The molecular weight excluding hydrogens is 274 g/mol. The van der Waals surface area contributed by atoms with Gasteiger partial charge < -0.3 is 21.1 Å². The second-order valence-electron chi connectivity index (χ2n) is 5.38. The van der Waals surface area contributed by atoms with Crippen molar-refractivity contribution in [1.29, 1.82) is 0 Å². The Morgan fingerprint density at radius 2 is 1.81 bits per heavy atom. The van der Waals surface area contributed by atoms with Crippen molar-refractivity contribution in [2.75, 3.05) is 13.1 Å². The summed E-state index contributed by atoms with van der Waals surface area (Å²) < 4.78 is 0. The monoisotopic (exact) mass is 301 g/mol. The van der Waals surface area contributed by atoms with Crippen LogP contribution in [-0.2, 0) is 9.59 Å². The molecule has 0 aliphatic heterocycles. The Hall–Kier alpha value is -1.79. The Morgan fingerprint density at radius 3 is 2.33 bits per heavy atom. The molecule has 0 heterocycles. The Bertz CT molecular complexity index is 345. The quantitative estimate of drug-likeness (QED) is 0.484. The minimum Gasteiger partial charge on any atom is -0.480 e. The predicted octanol–water partition coefficient (Wildman–Crippen LogP) is 1.09. The van der Waals surface area contributed by atoms with Crippen molar-refractivity contribution < 1.29 is 19.5 Å². The second kappa shape index (κ2) is 10.9. The predicted molar refractivity (Wildman–Crippen MR) is 79.9 cm³/mol. The van der Waals surface area contributed by atoms with E-state index in [1.807, 2.05) is 20.8 Å². The highest BCUT2D eigenvalue weighted by molar-refractivity contribution is 5.83. The van der Waals surface area contributed by atoms with Gasteiger partial charge in [0.2, 0.25) is 5.91 Å². The number of hydrogen-bond donors (Lipinski definition) is 4. The third-order valence-corrected chi connectivity index (χ3v) is 2.79. The Kier molecular flexibility index (Phi) is 10.0. The minimum absolute atomic E-state index is 0.134. The van der Waals surface area contributed by atoms with Gasteiger partial charge in [0.25, 0.3) is 0 Å². The van der Waals surface area contributed by atoms with Crippen LogP contribution >= 0.6 is 0 Å². The number of aliphatic carboxylic acids is 1. The van der Waals surface area contributed by atoms with Crippen molar-refractivity contribution >= 4 is 17.9 Å². The van der Waals surface area contributed by atoms with Crippen LogP contribution in [0, 0.1) is 5.92 Å². The molecule has 0 saturated heterocycles. The largest absolute Gasteiger partial charge is 0.480 e. The molecule has 7 nitrogen and oxygen atoms in total. The lowest BCUT2D eigenvalue weighted by atomic mass is 10.1. The zero-order valence-corrected chi connectivity index (χ0v) is 13.1. The van der Waals surface area contributed by atoms with Crippen molar-refractivity contribution in [1.82, 2.24) is 16.0 Å². The van der Waals surface area contributed by atoms with E-state index < -0.39 is 18.0 Å². The summed E-state index contributed by atoms with van der Waals surface area (Å²) in [6, 6.07) is -1.45. The number of unbranched alkanes of at least 4 members (excludes halogenated alkanes) is 1. The first-order valence-corrected chi connectivity index (χ1v) is 7.40. The molecule has 21 heavy (non-hydrogen) atoms. The molecular formula is C14H27N3O4. The molecule has 0 fully saturated rings. The van der Waals surface area contributed by atoms with Crippen molar-refractivity contribution in [3.8, 4) is 0 Å². The average molecular weight is 301 g/mol. The van der Waals surface area contributed by atoms with Gasteiger partial charge in [0.1, 0.15) is 6.04 Å². The number of carbonyl (C=O) groups is 3. The van der Waals surface area contributed by atoms with E-state index in [0.717, 1.165) is 12.8 Å². The van der Waals surface area contributed by atoms with Gasteiger partial charge in [-0.3, -0.25) is 4.79 Å². The van der Waals surface area contributed by atoms with Crippen molar-refractivity contribution in [2.45, 2.75) is 52.5 Å². The van der Waals surface area contributed by atoms with E-state index in [2.05, 4.69) is 16.0 Å². The Morgan fingerprint density at radius 1 is 1.14 bits per heavy atom. The van der Waals surface area contributed by atoms with Crippen LogP contribution in [0.2, 0.25) is 0 Å². The first-order valence-electron chi connectivity index (χ1n) is 7.40. The van der Waals surface area contributed by atoms with E-state index in [1.165, 1.54) is 0 Å². The van der Waals surface area contributed by atoms with Crippen molar-refractivity contribution in [2.24, 2.45) is 5.92 Å². The molecule has 0 aromatic rings. The molecule has 1 unspecified atom stereocenters. The smallest absolute Gasteiger partial charge is 0.326 e. The van der Waals surface area contributed by atoms with Crippen LogP contribution < -0.4 is 16.0 Å². The highest BCUT2D eigenvalue weighted by Gasteiger charge is 2.18. The van der Waals surface area contributed by atoms with E-state index >= 15 is 0 Å². The van der Waals surface area contributed by atoms with Gasteiger partial charge in [-0.05, 0) is 12.3 Å². The van der Waals surface area contributed by atoms with Crippen molar-refractivity contribution in [3.05, 3.63) is 0 Å². The van der Waals surface area contributed by atoms with Crippen LogP contribution in [0.1, 0.15) is 46.5 Å². The number of urea groups is 1. The van der Waals surface area contributed by atoms with E-state index in [4.69, 9.17) is 5.11 Å². The fourth-order valence-corrected chi connectivity index (χ4v) is 1.57. The van der Waals surface area contributed by atoms with Gasteiger partial charge in [0.15, 0.2) is 0 Å².